The van der Waals surface area contributed by atoms with Gasteiger partial charge >= 0.3 is 12.1 Å². The monoisotopic (exact) mass is 476 g/mol. The molecule has 0 heterocycles. The minimum atomic E-state index is -1.28. The minimum absolute atomic E-state index is 0.0640. The quantitative estimate of drug-likeness (QED) is 0.542. The molecule has 7 heteroatoms. The van der Waals surface area contributed by atoms with Gasteiger partial charge in [0.05, 0.1) is 0 Å². The summed E-state index contributed by atoms with van der Waals surface area (Å²) in [5.41, 5.74) is 2.02. The molecule has 0 aromatic heterocycles. The number of hydrogen-bond acceptors (Lipinski definition) is 4. The van der Waals surface area contributed by atoms with E-state index in [1.807, 2.05) is 36.4 Å². The summed E-state index contributed by atoms with van der Waals surface area (Å²) in [7, 11) is 0. The van der Waals surface area contributed by atoms with E-state index in [9.17, 15) is 19.5 Å². The Bertz CT molecular complexity index is 1130. The standard InChI is InChI=1S/C28H32N2O5/c1-3-26(2,23(31)29-28(24(32)33)16-27(17-28)13-8-14-27)30-25(34)35-15-22-20-11-6-4-9-18(20)19-10-5-7-12-21(19)22/h4-7,9-12,22H,3,8,13-17H2,1-2H3,(H,29,31)(H,30,34)(H,32,33). The highest BCUT2D eigenvalue weighted by Gasteiger charge is 2.62. The van der Waals surface area contributed by atoms with E-state index in [2.05, 4.69) is 22.8 Å². The molecule has 35 heavy (non-hydrogen) atoms. The molecule has 2 saturated carbocycles. The number of aliphatic carboxylic acids is 1. The number of amides is 2. The highest BCUT2D eigenvalue weighted by Crippen LogP contribution is 2.60. The van der Waals surface area contributed by atoms with Crippen molar-refractivity contribution >= 4 is 18.0 Å². The van der Waals surface area contributed by atoms with Crippen molar-refractivity contribution in [2.45, 2.75) is 69.4 Å². The topological polar surface area (TPSA) is 105 Å². The van der Waals surface area contributed by atoms with Gasteiger partial charge in [-0.2, -0.15) is 0 Å². The zero-order valence-electron chi connectivity index (χ0n) is 20.2. The molecule has 3 N–H and O–H groups in total. The van der Waals surface area contributed by atoms with E-state index in [1.165, 1.54) is 0 Å². The van der Waals surface area contributed by atoms with Crippen LogP contribution < -0.4 is 10.6 Å². The molecular formula is C28H32N2O5. The average molecular weight is 477 g/mol. The Morgan fingerprint density at radius 2 is 1.60 bits per heavy atom. The fourth-order valence-corrected chi connectivity index (χ4v) is 6.07. The van der Waals surface area contributed by atoms with E-state index in [1.54, 1.807) is 13.8 Å². The second-order valence-corrected chi connectivity index (χ2v) is 10.7. The average Bonchev–Trinajstić information content (AvgIpc) is 3.12. The van der Waals surface area contributed by atoms with Crippen molar-refractivity contribution in [3.63, 3.8) is 0 Å². The highest BCUT2D eigenvalue weighted by molar-refractivity contribution is 5.94. The molecule has 5 rings (SSSR count). The van der Waals surface area contributed by atoms with Crippen LogP contribution in [0.25, 0.3) is 11.1 Å². The summed E-state index contributed by atoms with van der Waals surface area (Å²) >= 11 is 0. The summed E-state index contributed by atoms with van der Waals surface area (Å²) in [6, 6.07) is 16.2. The molecule has 3 aliphatic rings. The van der Waals surface area contributed by atoms with Gasteiger partial charge in [-0.15, -0.1) is 0 Å². The summed E-state index contributed by atoms with van der Waals surface area (Å²) in [5, 5.41) is 15.3. The van der Waals surface area contributed by atoms with Crippen LogP contribution in [0.2, 0.25) is 0 Å². The van der Waals surface area contributed by atoms with Crippen molar-refractivity contribution in [3.8, 4) is 11.1 Å². The smallest absolute Gasteiger partial charge is 0.408 e. The first-order valence-electron chi connectivity index (χ1n) is 12.4. The molecule has 3 aliphatic carbocycles. The van der Waals surface area contributed by atoms with Crippen molar-refractivity contribution in [2.24, 2.45) is 5.41 Å². The molecule has 0 aliphatic heterocycles. The summed E-state index contributed by atoms with van der Waals surface area (Å²) in [6.45, 7) is 3.53. The second kappa shape index (κ2) is 8.40. The molecule has 2 aromatic rings. The van der Waals surface area contributed by atoms with Crippen LogP contribution in [0, 0.1) is 5.41 Å². The van der Waals surface area contributed by atoms with Gasteiger partial charge in [0.15, 0.2) is 0 Å². The maximum Gasteiger partial charge on any atom is 0.408 e. The molecule has 0 radical (unpaired) electrons. The lowest BCUT2D eigenvalue weighted by molar-refractivity contribution is -0.166. The number of carboxylic acids is 1. The molecule has 2 fully saturated rings. The van der Waals surface area contributed by atoms with E-state index < -0.39 is 29.0 Å². The Morgan fingerprint density at radius 3 is 2.09 bits per heavy atom. The van der Waals surface area contributed by atoms with Crippen molar-refractivity contribution in [3.05, 3.63) is 59.7 Å². The van der Waals surface area contributed by atoms with Gasteiger partial charge in [0.2, 0.25) is 5.91 Å². The van der Waals surface area contributed by atoms with Crippen LogP contribution in [0.1, 0.15) is 69.4 Å². The van der Waals surface area contributed by atoms with Crippen LogP contribution in [-0.2, 0) is 14.3 Å². The third-order valence-electron chi connectivity index (χ3n) is 8.46. The molecular weight excluding hydrogens is 444 g/mol. The SMILES string of the molecule is CCC(C)(NC(=O)OCC1c2ccccc2-c2ccccc21)C(=O)NC1(C(=O)O)CC2(CCC2)C1. The third kappa shape index (κ3) is 3.87. The van der Waals surface area contributed by atoms with E-state index in [-0.39, 0.29) is 17.9 Å². The van der Waals surface area contributed by atoms with Gasteiger partial charge in [0.25, 0.3) is 0 Å². The first-order valence-corrected chi connectivity index (χ1v) is 12.4. The van der Waals surface area contributed by atoms with E-state index in [0.29, 0.717) is 19.3 Å². The first kappa shape index (κ1) is 23.4. The van der Waals surface area contributed by atoms with Crippen molar-refractivity contribution < 1.29 is 24.2 Å². The normalized spacial score (nSPS) is 20.4. The number of carbonyl (C=O) groups excluding carboxylic acids is 2. The van der Waals surface area contributed by atoms with Gasteiger partial charge in [-0.3, -0.25) is 4.79 Å². The number of benzene rings is 2. The van der Waals surface area contributed by atoms with Crippen LogP contribution in [0.4, 0.5) is 4.79 Å². The summed E-state index contributed by atoms with van der Waals surface area (Å²) in [6.07, 6.45) is 3.64. The number of alkyl carbamates (subject to hydrolysis) is 1. The fraction of sp³-hybridized carbons (Fsp3) is 0.464. The second-order valence-electron chi connectivity index (χ2n) is 10.7. The van der Waals surface area contributed by atoms with Crippen molar-refractivity contribution in [2.75, 3.05) is 6.61 Å². The molecule has 1 unspecified atom stereocenters. The van der Waals surface area contributed by atoms with E-state index in [4.69, 9.17) is 4.74 Å². The summed E-state index contributed by atoms with van der Waals surface area (Å²) in [5.74, 6) is -1.59. The maximum atomic E-state index is 13.2. The fourth-order valence-electron chi connectivity index (χ4n) is 6.07. The number of nitrogens with one attached hydrogen (secondary N) is 2. The van der Waals surface area contributed by atoms with Crippen molar-refractivity contribution in [1.82, 2.24) is 10.6 Å². The van der Waals surface area contributed by atoms with Gasteiger partial charge in [-0.25, -0.2) is 9.59 Å². The predicted molar refractivity (Wildman–Crippen MR) is 131 cm³/mol. The Balaban J connectivity index is 1.24. The Labute approximate surface area is 205 Å². The number of carbonyl (C=O) groups is 3. The molecule has 1 spiro atoms. The van der Waals surface area contributed by atoms with Crippen LogP contribution in [-0.4, -0.2) is 40.8 Å². The van der Waals surface area contributed by atoms with Gasteiger partial charge in [-0.1, -0.05) is 61.9 Å². The first-order chi connectivity index (χ1) is 16.7. The number of fused-ring (bicyclic) bond motifs is 3. The Kier molecular flexibility index (Phi) is 5.61. The zero-order chi connectivity index (χ0) is 24.8. The molecule has 1 atom stereocenters. The lowest BCUT2D eigenvalue weighted by atomic mass is 9.48. The number of hydrogen-bond donors (Lipinski definition) is 3. The van der Waals surface area contributed by atoms with Gasteiger partial charge in [-0.05, 0) is 66.7 Å². The minimum Gasteiger partial charge on any atom is -0.480 e. The Hall–Kier alpha value is -3.35. The van der Waals surface area contributed by atoms with Crippen molar-refractivity contribution in [1.29, 1.82) is 0 Å². The van der Waals surface area contributed by atoms with Gasteiger partial charge in [0, 0.05) is 5.92 Å². The lowest BCUT2D eigenvalue weighted by Crippen LogP contribution is -2.71. The third-order valence-corrected chi connectivity index (χ3v) is 8.46. The van der Waals surface area contributed by atoms with Crippen LogP contribution >= 0.6 is 0 Å². The van der Waals surface area contributed by atoms with E-state index >= 15 is 0 Å². The number of rotatable bonds is 7. The number of carboxylic acid groups (broad SMARTS) is 1. The van der Waals surface area contributed by atoms with Gasteiger partial charge < -0.3 is 20.5 Å². The molecule has 7 nitrogen and oxygen atoms in total. The molecule has 2 aromatic carbocycles. The molecule has 2 amide bonds. The van der Waals surface area contributed by atoms with Crippen LogP contribution in [0.15, 0.2) is 48.5 Å². The molecule has 184 valence electrons. The van der Waals surface area contributed by atoms with Gasteiger partial charge in [0.1, 0.15) is 17.7 Å². The summed E-state index contributed by atoms with van der Waals surface area (Å²) in [4.78, 5) is 38.0. The largest absolute Gasteiger partial charge is 0.480 e. The van der Waals surface area contributed by atoms with E-state index in [0.717, 1.165) is 41.5 Å². The van der Waals surface area contributed by atoms with Crippen LogP contribution in [0.5, 0.6) is 0 Å². The zero-order valence-corrected chi connectivity index (χ0v) is 20.2. The van der Waals surface area contributed by atoms with Crippen LogP contribution in [0.3, 0.4) is 0 Å². The maximum absolute atomic E-state index is 13.2. The molecule has 0 saturated heterocycles. The number of ether oxygens (including phenoxy) is 1. The summed E-state index contributed by atoms with van der Waals surface area (Å²) < 4.78 is 5.62. The molecule has 0 bridgehead atoms. The Morgan fingerprint density at radius 1 is 1.03 bits per heavy atom. The predicted octanol–water partition coefficient (Wildman–Crippen LogP) is 4.60. The lowest BCUT2D eigenvalue weighted by Gasteiger charge is -2.59. The highest BCUT2D eigenvalue weighted by atomic mass is 16.5.